The molecular weight excluding hydrogens is 398 g/mol. The Labute approximate surface area is 183 Å². The highest BCUT2D eigenvalue weighted by molar-refractivity contribution is 6.08. The summed E-state index contributed by atoms with van der Waals surface area (Å²) in [7, 11) is 0. The molecule has 0 unspecified atom stereocenters. The van der Waals surface area contributed by atoms with Crippen molar-refractivity contribution in [1.29, 1.82) is 0 Å². The molecule has 0 radical (unpaired) electrons. The van der Waals surface area contributed by atoms with Crippen LogP contribution in [-0.2, 0) is 25.7 Å². The standard InChI is InChI=1S/C23H33N3O5/c1-7-23(8-2)20(29)25(21(30)24-23)15-18(27)31-16(3)19(28)26(22(4,5)6)14-17-12-10-9-11-13-17/h9-13,16H,7-8,14-15H2,1-6H3,(H,24,30)/t16-/m0/s1. The van der Waals surface area contributed by atoms with Gasteiger partial charge in [-0.15, -0.1) is 0 Å². The molecule has 170 valence electrons. The van der Waals surface area contributed by atoms with E-state index in [0.717, 1.165) is 10.5 Å². The molecule has 31 heavy (non-hydrogen) atoms. The van der Waals surface area contributed by atoms with Crippen LogP contribution >= 0.6 is 0 Å². The molecule has 8 nitrogen and oxygen atoms in total. The number of ether oxygens (including phenoxy) is 1. The van der Waals surface area contributed by atoms with Crippen molar-refractivity contribution >= 4 is 23.8 Å². The zero-order chi connectivity index (χ0) is 23.4. The van der Waals surface area contributed by atoms with Crippen LogP contribution in [-0.4, -0.2) is 57.3 Å². The molecular formula is C23H33N3O5. The predicted octanol–water partition coefficient (Wildman–Crippen LogP) is 2.86. The summed E-state index contributed by atoms with van der Waals surface area (Å²) in [5.41, 5.74) is -0.531. The van der Waals surface area contributed by atoms with Gasteiger partial charge < -0.3 is 15.0 Å². The number of amides is 4. The number of nitrogens with zero attached hydrogens (tertiary/aromatic N) is 2. The number of rotatable bonds is 8. The number of hydrogen-bond acceptors (Lipinski definition) is 5. The van der Waals surface area contributed by atoms with E-state index in [1.165, 1.54) is 6.92 Å². The second kappa shape index (κ2) is 9.49. The normalized spacial score (nSPS) is 16.6. The van der Waals surface area contributed by atoms with Gasteiger partial charge in [0.1, 0.15) is 12.1 Å². The van der Waals surface area contributed by atoms with Crippen molar-refractivity contribution < 1.29 is 23.9 Å². The summed E-state index contributed by atoms with van der Waals surface area (Å²) in [5.74, 6) is -1.60. The van der Waals surface area contributed by atoms with Crippen LogP contribution in [0.15, 0.2) is 30.3 Å². The smallest absolute Gasteiger partial charge is 0.327 e. The van der Waals surface area contributed by atoms with Crippen LogP contribution in [0.25, 0.3) is 0 Å². The maximum Gasteiger partial charge on any atom is 0.327 e. The number of imide groups is 1. The largest absolute Gasteiger partial charge is 0.451 e. The second-order valence-electron chi connectivity index (χ2n) is 8.82. The van der Waals surface area contributed by atoms with Gasteiger partial charge in [-0.05, 0) is 46.1 Å². The van der Waals surface area contributed by atoms with Gasteiger partial charge in [-0.25, -0.2) is 4.79 Å². The van der Waals surface area contributed by atoms with Gasteiger partial charge in [0.05, 0.1) is 0 Å². The minimum atomic E-state index is -1.06. The fraction of sp³-hybridized carbons (Fsp3) is 0.565. The van der Waals surface area contributed by atoms with Crippen molar-refractivity contribution in [1.82, 2.24) is 15.1 Å². The molecule has 1 heterocycles. The van der Waals surface area contributed by atoms with Crippen molar-refractivity contribution in [3.63, 3.8) is 0 Å². The Bertz CT molecular complexity index is 827. The lowest BCUT2D eigenvalue weighted by molar-refractivity contribution is -0.163. The Hall–Kier alpha value is -2.90. The lowest BCUT2D eigenvalue weighted by Crippen LogP contribution is -2.50. The Morgan fingerprint density at radius 1 is 1.13 bits per heavy atom. The van der Waals surface area contributed by atoms with Crippen molar-refractivity contribution in [3.8, 4) is 0 Å². The number of hydrogen-bond donors (Lipinski definition) is 1. The van der Waals surface area contributed by atoms with Gasteiger partial charge >= 0.3 is 12.0 Å². The quantitative estimate of drug-likeness (QED) is 0.504. The average molecular weight is 432 g/mol. The van der Waals surface area contributed by atoms with Gasteiger partial charge in [0.15, 0.2) is 6.10 Å². The highest BCUT2D eigenvalue weighted by atomic mass is 16.5. The van der Waals surface area contributed by atoms with Crippen LogP contribution in [0.4, 0.5) is 4.79 Å². The molecule has 1 aromatic carbocycles. The van der Waals surface area contributed by atoms with Crippen LogP contribution in [0.2, 0.25) is 0 Å². The van der Waals surface area contributed by atoms with Crippen molar-refractivity contribution in [2.45, 2.75) is 78.1 Å². The topological polar surface area (TPSA) is 96.0 Å². The van der Waals surface area contributed by atoms with Crippen LogP contribution in [0, 0.1) is 0 Å². The summed E-state index contributed by atoms with van der Waals surface area (Å²) in [6.45, 7) is 10.7. The highest BCUT2D eigenvalue weighted by Crippen LogP contribution is 2.25. The third-order valence-corrected chi connectivity index (χ3v) is 5.66. The molecule has 8 heteroatoms. The zero-order valence-corrected chi connectivity index (χ0v) is 19.2. The minimum absolute atomic E-state index is 0.349. The molecule has 1 aliphatic rings. The Balaban J connectivity index is 2.06. The first kappa shape index (κ1) is 24.4. The fourth-order valence-corrected chi connectivity index (χ4v) is 3.59. The zero-order valence-electron chi connectivity index (χ0n) is 19.2. The molecule has 0 aromatic heterocycles. The number of benzene rings is 1. The van der Waals surface area contributed by atoms with E-state index < -0.39 is 41.6 Å². The molecule has 0 bridgehead atoms. The number of nitrogens with one attached hydrogen (secondary N) is 1. The molecule has 0 spiro atoms. The molecule has 1 aliphatic heterocycles. The van der Waals surface area contributed by atoms with E-state index in [2.05, 4.69) is 5.32 Å². The molecule has 1 fully saturated rings. The second-order valence-corrected chi connectivity index (χ2v) is 8.82. The van der Waals surface area contributed by atoms with E-state index in [1.54, 1.807) is 18.7 Å². The van der Waals surface area contributed by atoms with E-state index >= 15 is 0 Å². The molecule has 1 saturated heterocycles. The lowest BCUT2D eigenvalue weighted by atomic mass is 9.93. The Kier molecular flexibility index (Phi) is 7.46. The lowest BCUT2D eigenvalue weighted by Gasteiger charge is -2.37. The van der Waals surface area contributed by atoms with Gasteiger partial charge in [-0.3, -0.25) is 19.3 Å². The minimum Gasteiger partial charge on any atom is -0.451 e. The van der Waals surface area contributed by atoms with Gasteiger partial charge in [0.25, 0.3) is 11.8 Å². The molecule has 1 N–H and O–H groups in total. The predicted molar refractivity (Wildman–Crippen MR) is 116 cm³/mol. The van der Waals surface area contributed by atoms with E-state index in [0.29, 0.717) is 19.4 Å². The maximum absolute atomic E-state index is 13.1. The third-order valence-electron chi connectivity index (χ3n) is 5.66. The maximum atomic E-state index is 13.1. The number of esters is 1. The average Bonchev–Trinajstić information content (AvgIpc) is 2.96. The summed E-state index contributed by atoms with van der Waals surface area (Å²) in [4.78, 5) is 52.9. The van der Waals surface area contributed by atoms with Gasteiger partial charge in [0.2, 0.25) is 0 Å². The number of urea groups is 1. The SMILES string of the molecule is CCC1(CC)NC(=O)N(CC(=O)O[C@@H](C)C(=O)N(Cc2ccccc2)C(C)(C)C)C1=O. The fourth-order valence-electron chi connectivity index (χ4n) is 3.59. The molecule has 1 atom stereocenters. The third kappa shape index (κ3) is 5.42. The highest BCUT2D eigenvalue weighted by Gasteiger charge is 2.49. The van der Waals surface area contributed by atoms with Crippen LogP contribution < -0.4 is 5.32 Å². The Morgan fingerprint density at radius 3 is 2.19 bits per heavy atom. The van der Waals surface area contributed by atoms with E-state index in [9.17, 15) is 19.2 Å². The first-order valence-electron chi connectivity index (χ1n) is 10.6. The molecule has 1 aromatic rings. The van der Waals surface area contributed by atoms with Crippen LogP contribution in [0.5, 0.6) is 0 Å². The molecule has 4 amide bonds. The summed E-state index contributed by atoms with van der Waals surface area (Å²) in [6, 6.07) is 8.93. The van der Waals surface area contributed by atoms with E-state index in [-0.39, 0.29) is 5.91 Å². The Morgan fingerprint density at radius 2 is 1.71 bits per heavy atom. The molecule has 0 saturated carbocycles. The number of carbonyl (C=O) groups excluding carboxylic acids is 4. The van der Waals surface area contributed by atoms with E-state index in [4.69, 9.17) is 4.74 Å². The van der Waals surface area contributed by atoms with Crippen LogP contribution in [0.3, 0.4) is 0 Å². The first-order chi connectivity index (χ1) is 14.4. The van der Waals surface area contributed by atoms with Gasteiger partial charge in [-0.1, -0.05) is 44.2 Å². The van der Waals surface area contributed by atoms with E-state index in [1.807, 2.05) is 51.1 Å². The van der Waals surface area contributed by atoms with Crippen molar-refractivity contribution in [2.24, 2.45) is 0 Å². The summed E-state index contributed by atoms with van der Waals surface area (Å²) < 4.78 is 5.32. The molecule has 0 aliphatic carbocycles. The monoisotopic (exact) mass is 431 g/mol. The summed E-state index contributed by atoms with van der Waals surface area (Å²) in [5, 5.41) is 2.67. The number of carbonyl (C=O) groups is 4. The summed E-state index contributed by atoms with van der Waals surface area (Å²) in [6.07, 6.45) is -0.207. The van der Waals surface area contributed by atoms with Gasteiger partial charge in [0, 0.05) is 12.1 Å². The van der Waals surface area contributed by atoms with Gasteiger partial charge in [-0.2, -0.15) is 0 Å². The molecule has 2 rings (SSSR count). The first-order valence-corrected chi connectivity index (χ1v) is 10.6. The van der Waals surface area contributed by atoms with Crippen molar-refractivity contribution in [2.75, 3.05) is 6.54 Å². The van der Waals surface area contributed by atoms with Crippen LogP contribution in [0.1, 0.15) is 59.9 Å². The summed E-state index contributed by atoms with van der Waals surface area (Å²) >= 11 is 0. The van der Waals surface area contributed by atoms with Crippen molar-refractivity contribution in [3.05, 3.63) is 35.9 Å².